The third-order valence-corrected chi connectivity index (χ3v) is 5.34. The molecule has 1 aliphatic rings. The van der Waals surface area contributed by atoms with Crippen LogP contribution >= 0.6 is 0 Å². The molecule has 0 fully saturated rings. The van der Waals surface area contributed by atoms with Crippen LogP contribution in [0.4, 0.5) is 14.5 Å². The number of halogens is 2. The van der Waals surface area contributed by atoms with Crippen molar-refractivity contribution < 1.29 is 8.78 Å². The summed E-state index contributed by atoms with van der Waals surface area (Å²) in [6.45, 7) is 3.34. The lowest BCUT2D eigenvalue weighted by Gasteiger charge is -2.22. The SMILES string of the molecule is CN1CC=C(c2ccc3nncc(NCc4cccc(C(C)(F)F)c4)c3c2)CC1. The van der Waals surface area contributed by atoms with Gasteiger partial charge in [-0.1, -0.05) is 30.3 Å². The largest absolute Gasteiger partial charge is 0.379 e. The minimum absolute atomic E-state index is 0.0194. The van der Waals surface area contributed by atoms with E-state index in [1.54, 1.807) is 18.3 Å². The maximum Gasteiger partial charge on any atom is 0.270 e. The van der Waals surface area contributed by atoms with Crippen LogP contribution in [0, 0.1) is 0 Å². The van der Waals surface area contributed by atoms with Crippen molar-refractivity contribution in [2.45, 2.75) is 25.8 Å². The first-order chi connectivity index (χ1) is 13.9. The molecule has 4 nitrogen and oxygen atoms in total. The van der Waals surface area contributed by atoms with Gasteiger partial charge in [-0.05, 0) is 48.4 Å². The zero-order chi connectivity index (χ0) is 20.4. The van der Waals surface area contributed by atoms with E-state index in [2.05, 4.69) is 45.7 Å². The van der Waals surface area contributed by atoms with Crippen LogP contribution in [0.15, 0.2) is 54.7 Å². The highest BCUT2D eigenvalue weighted by atomic mass is 19.3. The fourth-order valence-electron chi connectivity index (χ4n) is 3.58. The fourth-order valence-corrected chi connectivity index (χ4v) is 3.58. The number of aromatic nitrogens is 2. The summed E-state index contributed by atoms with van der Waals surface area (Å²) in [7, 11) is 2.12. The van der Waals surface area contributed by atoms with E-state index in [1.807, 2.05) is 12.1 Å². The third-order valence-electron chi connectivity index (χ3n) is 5.34. The van der Waals surface area contributed by atoms with E-state index in [0.717, 1.165) is 48.6 Å². The van der Waals surface area contributed by atoms with Crippen LogP contribution in [0.1, 0.15) is 30.0 Å². The summed E-state index contributed by atoms with van der Waals surface area (Å²) < 4.78 is 27.2. The van der Waals surface area contributed by atoms with Gasteiger partial charge in [0, 0.05) is 37.5 Å². The Hall–Kier alpha value is -2.86. The van der Waals surface area contributed by atoms with Crippen molar-refractivity contribution in [3.8, 4) is 0 Å². The lowest BCUT2D eigenvalue weighted by molar-refractivity contribution is 0.0174. The highest BCUT2D eigenvalue weighted by Crippen LogP contribution is 2.29. The molecule has 1 N–H and O–H groups in total. The number of anilines is 1. The summed E-state index contributed by atoms with van der Waals surface area (Å²) in [5.74, 6) is -2.85. The monoisotopic (exact) mass is 394 g/mol. The van der Waals surface area contributed by atoms with Gasteiger partial charge in [0.1, 0.15) is 0 Å². The van der Waals surface area contributed by atoms with E-state index in [0.29, 0.717) is 6.54 Å². The Kier molecular flexibility index (Phi) is 5.28. The second-order valence-corrected chi connectivity index (χ2v) is 7.67. The summed E-state index contributed by atoms with van der Waals surface area (Å²) in [4.78, 5) is 2.29. The number of rotatable bonds is 5. The molecule has 2 aromatic carbocycles. The molecular weight excluding hydrogens is 370 g/mol. The summed E-state index contributed by atoms with van der Waals surface area (Å²) in [6.07, 6.45) is 4.97. The molecule has 1 aliphatic heterocycles. The molecule has 0 bridgehead atoms. The standard InChI is InChI=1S/C23H24F2N4/c1-23(24,25)19-5-3-4-16(12-19)14-26-22-15-27-28-21-7-6-18(13-20(21)22)17-8-10-29(2)11-9-17/h3-8,12-13,15H,9-11,14H2,1-2H3,(H,26,28). The lowest BCUT2D eigenvalue weighted by Crippen LogP contribution is -2.23. The molecule has 0 spiro atoms. The first-order valence-corrected chi connectivity index (χ1v) is 9.75. The molecule has 0 saturated carbocycles. The molecular formula is C23H24F2N4. The van der Waals surface area contributed by atoms with Crippen LogP contribution in [0.25, 0.3) is 16.5 Å². The van der Waals surface area contributed by atoms with Gasteiger partial charge in [-0.25, -0.2) is 8.78 Å². The zero-order valence-corrected chi connectivity index (χ0v) is 16.6. The summed E-state index contributed by atoms with van der Waals surface area (Å²) in [5, 5.41) is 12.6. The summed E-state index contributed by atoms with van der Waals surface area (Å²) in [6, 6.07) is 12.7. The van der Waals surface area contributed by atoms with Crippen molar-refractivity contribution >= 4 is 22.2 Å². The molecule has 29 heavy (non-hydrogen) atoms. The normalized spacial score (nSPS) is 15.4. The van der Waals surface area contributed by atoms with E-state index in [9.17, 15) is 8.78 Å². The van der Waals surface area contributed by atoms with Gasteiger partial charge >= 0.3 is 0 Å². The van der Waals surface area contributed by atoms with Gasteiger partial charge in [0.2, 0.25) is 0 Å². The number of benzene rings is 2. The van der Waals surface area contributed by atoms with Crippen molar-refractivity contribution in [1.29, 1.82) is 0 Å². The quantitative estimate of drug-likeness (QED) is 0.656. The predicted octanol–water partition coefficient (Wildman–Crippen LogP) is 5.07. The minimum atomic E-state index is -2.85. The van der Waals surface area contributed by atoms with Crippen molar-refractivity contribution in [1.82, 2.24) is 15.1 Å². The predicted molar refractivity (Wildman–Crippen MR) is 113 cm³/mol. The molecule has 6 heteroatoms. The second kappa shape index (κ2) is 7.87. The van der Waals surface area contributed by atoms with Gasteiger partial charge in [0.05, 0.1) is 17.4 Å². The Labute approximate surface area is 169 Å². The second-order valence-electron chi connectivity index (χ2n) is 7.67. The number of fused-ring (bicyclic) bond motifs is 1. The topological polar surface area (TPSA) is 41.1 Å². The molecule has 2 heterocycles. The summed E-state index contributed by atoms with van der Waals surface area (Å²) in [5.41, 5.74) is 4.99. The van der Waals surface area contributed by atoms with Gasteiger partial charge in [-0.2, -0.15) is 10.2 Å². The number of hydrogen-bond acceptors (Lipinski definition) is 4. The van der Waals surface area contributed by atoms with Crippen molar-refractivity contribution in [3.05, 3.63) is 71.4 Å². The Bertz CT molecular complexity index is 1060. The Balaban J connectivity index is 1.60. The molecule has 4 rings (SSSR count). The summed E-state index contributed by atoms with van der Waals surface area (Å²) >= 11 is 0. The van der Waals surface area contributed by atoms with Crippen LogP contribution in [-0.4, -0.2) is 35.2 Å². The van der Waals surface area contributed by atoms with Gasteiger partial charge in [-0.15, -0.1) is 0 Å². The van der Waals surface area contributed by atoms with E-state index in [4.69, 9.17) is 0 Å². The first-order valence-electron chi connectivity index (χ1n) is 9.75. The van der Waals surface area contributed by atoms with Crippen molar-refractivity contribution in [2.24, 2.45) is 0 Å². The molecule has 0 amide bonds. The fraction of sp³-hybridized carbons (Fsp3) is 0.304. The highest BCUT2D eigenvalue weighted by Gasteiger charge is 2.24. The highest BCUT2D eigenvalue weighted by molar-refractivity contribution is 5.92. The van der Waals surface area contributed by atoms with E-state index in [1.165, 1.54) is 17.2 Å². The zero-order valence-electron chi connectivity index (χ0n) is 16.6. The Morgan fingerprint density at radius 3 is 2.79 bits per heavy atom. The molecule has 0 radical (unpaired) electrons. The average molecular weight is 394 g/mol. The Morgan fingerprint density at radius 2 is 2.03 bits per heavy atom. The van der Waals surface area contributed by atoms with Gasteiger partial charge in [-0.3, -0.25) is 0 Å². The molecule has 1 aromatic heterocycles. The van der Waals surface area contributed by atoms with Crippen LogP contribution in [0.2, 0.25) is 0 Å². The van der Waals surface area contributed by atoms with E-state index < -0.39 is 5.92 Å². The number of nitrogens with zero attached hydrogens (tertiary/aromatic N) is 3. The number of nitrogens with one attached hydrogen (secondary N) is 1. The molecule has 150 valence electrons. The van der Waals surface area contributed by atoms with Gasteiger partial charge < -0.3 is 10.2 Å². The van der Waals surface area contributed by atoms with Crippen LogP contribution in [0.3, 0.4) is 0 Å². The molecule has 3 aromatic rings. The van der Waals surface area contributed by atoms with Gasteiger partial charge in [0.25, 0.3) is 5.92 Å². The van der Waals surface area contributed by atoms with Crippen LogP contribution in [-0.2, 0) is 12.5 Å². The third kappa shape index (κ3) is 4.43. The molecule has 0 aliphatic carbocycles. The average Bonchev–Trinajstić information content (AvgIpc) is 2.72. The smallest absolute Gasteiger partial charge is 0.270 e. The molecule has 0 unspecified atom stereocenters. The Morgan fingerprint density at radius 1 is 1.17 bits per heavy atom. The van der Waals surface area contributed by atoms with Crippen LogP contribution in [0.5, 0.6) is 0 Å². The lowest BCUT2D eigenvalue weighted by atomic mass is 9.98. The van der Waals surface area contributed by atoms with Crippen LogP contribution < -0.4 is 5.32 Å². The molecule has 0 saturated heterocycles. The first kappa shape index (κ1) is 19.5. The maximum absolute atomic E-state index is 13.6. The van der Waals surface area contributed by atoms with Crippen molar-refractivity contribution in [3.63, 3.8) is 0 Å². The van der Waals surface area contributed by atoms with Gasteiger partial charge in [0.15, 0.2) is 0 Å². The number of likely N-dealkylation sites (N-methyl/N-ethyl adjacent to an activating group) is 1. The number of alkyl halides is 2. The van der Waals surface area contributed by atoms with E-state index in [-0.39, 0.29) is 5.56 Å². The van der Waals surface area contributed by atoms with E-state index >= 15 is 0 Å². The molecule has 0 atom stereocenters. The number of hydrogen-bond donors (Lipinski definition) is 1. The van der Waals surface area contributed by atoms with Crippen molar-refractivity contribution in [2.75, 3.05) is 25.5 Å². The maximum atomic E-state index is 13.6. The minimum Gasteiger partial charge on any atom is -0.379 e.